The van der Waals surface area contributed by atoms with Crippen LogP contribution in [-0.2, 0) is 11.3 Å². The van der Waals surface area contributed by atoms with Gasteiger partial charge in [-0.25, -0.2) is 14.8 Å². The number of hydrogen-bond donors (Lipinski definition) is 2. The predicted molar refractivity (Wildman–Crippen MR) is 111 cm³/mol. The number of hydrogen-bond acceptors (Lipinski definition) is 8. The van der Waals surface area contributed by atoms with Gasteiger partial charge >= 0.3 is 5.97 Å². The van der Waals surface area contributed by atoms with Crippen molar-refractivity contribution in [3.8, 4) is 0 Å². The fourth-order valence-electron chi connectivity index (χ4n) is 2.21. The van der Waals surface area contributed by atoms with Gasteiger partial charge in [0.25, 0.3) is 0 Å². The topological polar surface area (TPSA) is 91.7 Å². The highest BCUT2D eigenvalue weighted by Crippen LogP contribution is 2.24. The molecule has 27 heavy (non-hydrogen) atoms. The molecular weight excluding hydrogens is 384 g/mol. The van der Waals surface area contributed by atoms with Gasteiger partial charge < -0.3 is 20.3 Å². The van der Waals surface area contributed by atoms with E-state index in [4.69, 9.17) is 4.74 Å². The summed E-state index contributed by atoms with van der Waals surface area (Å²) >= 11 is 2.94. The van der Waals surface area contributed by atoms with Gasteiger partial charge in [0.2, 0.25) is 0 Å². The number of carbonyl (C=O) groups is 1. The number of nitrogens with zero attached hydrogens (tertiary/aromatic N) is 4. The highest BCUT2D eigenvalue weighted by Gasteiger charge is 2.20. The van der Waals surface area contributed by atoms with Crippen LogP contribution in [0.15, 0.2) is 10.4 Å². The Balaban J connectivity index is 1.97. The Hall–Kier alpha value is -2.20. The molecular formula is C17H26N6O2S2. The van der Waals surface area contributed by atoms with Crippen LogP contribution in [0.2, 0.25) is 0 Å². The summed E-state index contributed by atoms with van der Waals surface area (Å²) < 4.78 is 5.08. The minimum Gasteiger partial charge on any atom is -0.462 e. The van der Waals surface area contributed by atoms with Crippen LogP contribution in [0.3, 0.4) is 0 Å². The number of aryl methyl sites for hydroxylation is 1. The van der Waals surface area contributed by atoms with Crippen molar-refractivity contribution in [2.24, 2.45) is 4.99 Å². The van der Waals surface area contributed by atoms with Crippen molar-refractivity contribution in [2.75, 3.05) is 32.6 Å². The molecule has 0 bridgehead atoms. The third-order valence-corrected chi connectivity index (χ3v) is 5.96. The van der Waals surface area contributed by atoms with Gasteiger partial charge in [-0.15, -0.1) is 22.7 Å². The van der Waals surface area contributed by atoms with E-state index >= 15 is 0 Å². The van der Waals surface area contributed by atoms with Crippen molar-refractivity contribution < 1.29 is 9.53 Å². The van der Waals surface area contributed by atoms with E-state index in [-0.39, 0.29) is 12.0 Å². The second-order valence-corrected chi connectivity index (χ2v) is 7.86. The van der Waals surface area contributed by atoms with Gasteiger partial charge in [-0.3, -0.25) is 4.99 Å². The minimum absolute atomic E-state index is 0.101. The first-order chi connectivity index (χ1) is 12.8. The van der Waals surface area contributed by atoms with Crippen LogP contribution in [0.25, 0.3) is 0 Å². The highest BCUT2D eigenvalue weighted by atomic mass is 32.1. The van der Waals surface area contributed by atoms with Crippen LogP contribution in [0.5, 0.6) is 0 Å². The molecule has 0 aliphatic carbocycles. The fourth-order valence-corrected chi connectivity index (χ4v) is 3.93. The van der Waals surface area contributed by atoms with Gasteiger partial charge in [0, 0.05) is 26.5 Å². The fraction of sp³-hybridized carbons (Fsp3) is 0.529. The van der Waals surface area contributed by atoms with Crippen LogP contribution in [0, 0.1) is 6.92 Å². The molecule has 1 unspecified atom stereocenters. The Kier molecular flexibility index (Phi) is 7.55. The van der Waals surface area contributed by atoms with Crippen molar-refractivity contribution in [3.05, 3.63) is 26.7 Å². The second kappa shape index (κ2) is 9.65. The second-order valence-electron chi connectivity index (χ2n) is 5.99. The smallest absolute Gasteiger partial charge is 0.350 e. The van der Waals surface area contributed by atoms with Gasteiger partial charge in [-0.1, -0.05) is 0 Å². The molecule has 10 heteroatoms. The highest BCUT2D eigenvalue weighted by molar-refractivity contribution is 7.14. The number of nitrogens with one attached hydrogen (secondary N) is 2. The third-order valence-electron chi connectivity index (χ3n) is 3.58. The summed E-state index contributed by atoms with van der Waals surface area (Å²) in [6.07, 6.45) is 0. The standard InChI is InChI=1S/C17H26N6O2S2/c1-7-25-15(24)13-10(2)20-14(27-13)11(3)21-16(18-4)19-8-12-9-26-17(22-12)23(5)6/h9,11H,7-8H2,1-6H3,(H2,18,19,21). The van der Waals surface area contributed by atoms with E-state index < -0.39 is 0 Å². The molecule has 0 aliphatic rings. The van der Waals surface area contributed by atoms with Gasteiger partial charge in [0.05, 0.1) is 30.6 Å². The molecule has 0 fully saturated rings. The summed E-state index contributed by atoms with van der Waals surface area (Å²) in [6.45, 7) is 6.51. The molecule has 0 saturated heterocycles. The number of guanidine groups is 1. The summed E-state index contributed by atoms with van der Waals surface area (Å²) in [5.74, 6) is 0.320. The average Bonchev–Trinajstić information content (AvgIpc) is 3.25. The Labute approximate surface area is 167 Å². The molecule has 0 aliphatic heterocycles. The van der Waals surface area contributed by atoms with Crippen LogP contribution in [0.1, 0.15) is 46.0 Å². The first-order valence-corrected chi connectivity index (χ1v) is 10.3. The van der Waals surface area contributed by atoms with Gasteiger partial charge in [0.15, 0.2) is 11.1 Å². The largest absolute Gasteiger partial charge is 0.462 e. The number of anilines is 1. The minimum atomic E-state index is -0.325. The monoisotopic (exact) mass is 410 g/mol. The lowest BCUT2D eigenvalue weighted by molar-refractivity contribution is 0.0531. The van der Waals surface area contributed by atoms with E-state index in [1.54, 1.807) is 25.3 Å². The number of thiazole rings is 2. The van der Waals surface area contributed by atoms with E-state index in [2.05, 4.69) is 25.6 Å². The summed E-state index contributed by atoms with van der Waals surface area (Å²) in [6, 6.07) is -0.101. The maximum absolute atomic E-state index is 12.0. The van der Waals surface area contributed by atoms with E-state index in [1.165, 1.54) is 11.3 Å². The van der Waals surface area contributed by atoms with E-state index in [0.717, 1.165) is 15.8 Å². The van der Waals surface area contributed by atoms with Gasteiger partial charge in [-0.2, -0.15) is 0 Å². The van der Waals surface area contributed by atoms with Crippen LogP contribution in [-0.4, -0.2) is 49.6 Å². The number of rotatable bonds is 7. The van der Waals surface area contributed by atoms with Crippen LogP contribution in [0.4, 0.5) is 5.13 Å². The molecule has 2 N–H and O–H groups in total. The average molecular weight is 411 g/mol. The van der Waals surface area contributed by atoms with E-state index in [1.807, 2.05) is 38.2 Å². The number of ether oxygens (including phenoxy) is 1. The lowest BCUT2D eigenvalue weighted by Gasteiger charge is -2.15. The SMILES string of the molecule is CCOC(=O)c1sc(C(C)NC(=NC)NCc2csc(N(C)C)n2)nc1C. The van der Waals surface area contributed by atoms with Gasteiger partial charge in [-0.05, 0) is 20.8 Å². The van der Waals surface area contributed by atoms with E-state index in [0.29, 0.717) is 29.7 Å². The number of esters is 1. The molecule has 0 saturated carbocycles. The maximum atomic E-state index is 12.0. The number of aliphatic imine (C=N–C) groups is 1. The Morgan fingerprint density at radius 2 is 2.15 bits per heavy atom. The molecule has 2 aromatic heterocycles. The summed E-state index contributed by atoms with van der Waals surface area (Å²) in [5, 5.41) is 10.3. The number of carbonyl (C=O) groups excluding carboxylic acids is 1. The number of aromatic nitrogens is 2. The molecule has 8 nitrogen and oxygen atoms in total. The van der Waals surface area contributed by atoms with Crippen molar-refractivity contribution >= 4 is 39.7 Å². The Morgan fingerprint density at radius 3 is 2.74 bits per heavy atom. The predicted octanol–water partition coefficient (Wildman–Crippen LogP) is 2.58. The van der Waals surface area contributed by atoms with Crippen molar-refractivity contribution in [1.82, 2.24) is 20.6 Å². The first-order valence-electron chi connectivity index (χ1n) is 8.59. The summed E-state index contributed by atoms with van der Waals surface area (Å²) in [7, 11) is 5.66. The zero-order chi connectivity index (χ0) is 20.0. The third kappa shape index (κ3) is 5.64. The Bertz CT molecular complexity index is 799. The zero-order valence-electron chi connectivity index (χ0n) is 16.5. The molecule has 0 radical (unpaired) electrons. The molecule has 0 aromatic carbocycles. The van der Waals surface area contributed by atoms with Crippen molar-refractivity contribution in [1.29, 1.82) is 0 Å². The zero-order valence-corrected chi connectivity index (χ0v) is 18.1. The molecule has 0 amide bonds. The quantitative estimate of drug-likeness (QED) is 0.412. The van der Waals surface area contributed by atoms with Crippen LogP contribution >= 0.6 is 22.7 Å². The Morgan fingerprint density at radius 1 is 1.41 bits per heavy atom. The van der Waals surface area contributed by atoms with Crippen molar-refractivity contribution in [2.45, 2.75) is 33.4 Å². The van der Waals surface area contributed by atoms with Crippen LogP contribution < -0.4 is 15.5 Å². The molecule has 2 heterocycles. The summed E-state index contributed by atoms with van der Waals surface area (Å²) in [4.78, 5) is 27.8. The van der Waals surface area contributed by atoms with Gasteiger partial charge in [0.1, 0.15) is 9.88 Å². The molecule has 2 aromatic rings. The summed E-state index contributed by atoms with van der Waals surface area (Å²) in [5.41, 5.74) is 1.64. The lowest BCUT2D eigenvalue weighted by atomic mass is 10.3. The maximum Gasteiger partial charge on any atom is 0.350 e. The molecule has 148 valence electrons. The normalized spacial score (nSPS) is 12.6. The molecule has 0 spiro atoms. The van der Waals surface area contributed by atoms with Crippen molar-refractivity contribution in [3.63, 3.8) is 0 Å². The van der Waals surface area contributed by atoms with E-state index in [9.17, 15) is 4.79 Å². The first kappa shape index (κ1) is 21.1. The molecule has 2 rings (SSSR count). The molecule has 1 atom stereocenters. The lowest BCUT2D eigenvalue weighted by Crippen LogP contribution is -2.38.